The monoisotopic (exact) mass is 420 g/mol. The molecule has 0 radical (unpaired) electrons. The zero-order valence-corrected chi connectivity index (χ0v) is 19.4. The van der Waals surface area contributed by atoms with Gasteiger partial charge in [0.1, 0.15) is 5.78 Å². The number of hydrogen-bond acceptors (Lipinski definition) is 4. The van der Waals surface area contributed by atoms with Gasteiger partial charge in [-0.2, -0.15) is 0 Å². The molecule has 0 heterocycles. The van der Waals surface area contributed by atoms with Crippen LogP contribution in [0.1, 0.15) is 110 Å². The number of rotatable bonds is 15. The second-order valence-corrected chi connectivity index (χ2v) is 9.54. The maximum Gasteiger partial charge on any atom is 0.305 e. The fourth-order valence-electron chi connectivity index (χ4n) is 5.24. The lowest BCUT2D eigenvalue weighted by Crippen LogP contribution is -2.40. The first-order valence-electron chi connectivity index (χ1n) is 12.6. The van der Waals surface area contributed by atoms with E-state index >= 15 is 0 Å². The van der Waals surface area contributed by atoms with Gasteiger partial charge in [-0.3, -0.25) is 9.59 Å². The van der Waals surface area contributed by atoms with E-state index in [0.717, 1.165) is 64.2 Å². The number of carbonyl (C=O) groups excluding carboxylic acids is 2. The summed E-state index contributed by atoms with van der Waals surface area (Å²) in [6, 6.07) is 0. The molecule has 2 aliphatic carbocycles. The van der Waals surface area contributed by atoms with Gasteiger partial charge in [0.25, 0.3) is 0 Å². The summed E-state index contributed by atoms with van der Waals surface area (Å²) >= 11 is 0. The van der Waals surface area contributed by atoms with Crippen LogP contribution < -0.4 is 0 Å². The van der Waals surface area contributed by atoms with Crippen LogP contribution in [0.15, 0.2) is 12.2 Å². The third-order valence-electron chi connectivity index (χ3n) is 7.40. The Hall–Kier alpha value is -1.16. The lowest BCUT2D eigenvalue weighted by Gasteiger charge is -2.45. The molecule has 0 bridgehead atoms. The number of carbonyl (C=O) groups is 2. The van der Waals surface area contributed by atoms with Crippen LogP contribution in [-0.4, -0.2) is 29.6 Å². The van der Waals surface area contributed by atoms with Gasteiger partial charge >= 0.3 is 5.97 Å². The van der Waals surface area contributed by atoms with Gasteiger partial charge in [0.05, 0.1) is 12.7 Å². The number of aliphatic hydroxyl groups excluding tert-OH is 1. The van der Waals surface area contributed by atoms with Crippen molar-refractivity contribution in [3.63, 3.8) is 0 Å². The molecule has 0 aromatic heterocycles. The number of aliphatic hydroxyl groups is 1. The molecule has 2 rings (SSSR count). The molecule has 4 nitrogen and oxygen atoms in total. The van der Waals surface area contributed by atoms with E-state index in [4.69, 9.17) is 4.74 Å². The van der Waals surface area contributed by atoms with Crippen LogP contribution in [-0.2, 0) is 14.3 Å². The molecule has 0 aromatic rings. The lowest BCUT2D eigenvalue weighted by molar-refractivity contribution is -0.143. The van der Waals surface area contributed by atoms with Gasteiger partial charge in [0.15, 0.2) is 0 Å². The molecule has 1 N–H and O–H groups in total. The summed E-state index contributed by atoms with van der Waals surface area (Å²) in [7, 11) is 0. The molecule has 0 aromatic carbocycles. The average Bonchev–Trinajstić information content (AvgIpc) is 3.04. The van der Waals surface area contributed by atoms with Gasteiger partial charge in [0, 0.05) is 18.8 Å². The van der Waals surface area contributed by atoms with E-state index in [9.17, 15) is 14.7 Å². The molecule has 0 spiro atoms. The predicted octanol–water partition coefficient (Wildman–Crippen LogP) is 6.15. The lowest BCUT2D eigenvalue weighted by atomic mass is 9.62. The number of ketones is 1. The quantitative estimate of drug-likeness (QED) is 0.196. The molecule has 3 atom stereocenters. The smallest absolute Gasteiger partial charge is 0.305 e. The molecule has 2 aliphatic rings. The van der Waals surface area contributed by atoms with Gasteiger partial charge in [-0.1, -0.05) is 64.0 Å². The first-order valence-corrected chi connectivity index (χ1v) is 12.6. The van der Waals surface area contributed by atoms with Gasteiger partial charge in [-0.05, 0) is 56.8 Å². The van der Waals surface area contributed by atoms with Gasteiger partial charge in [-0.25, -0.2) is 0 Å². The van der Waals surface area contributed by atoms with Crippen molar-refractivity contribution in [1.29, 1.82) is 0 Å². The van der Waals surface area contributed by atoms with Crippen LogP contribution >= 0.6 is 0 Å². The normalized spacial score (nSPS) is 24.2. The van der Waals surface area contributed by atoms with Crippen LogP contribution in [0.2, 0.25) is 0 Å². The van der Waals surface area contributed by atoms with Crippen molar-refractivity contribution in [2.45, 2.75) is 116 Å². The molecule has 0 amide bonds. The zero-order chi connectivity index (χ0) is 21.8. The molecule has 4 heteroatoms. The topological polar surface area (TPSA) is 63.6 Å². The minimum absolute atomic E-state index is 0.0933. The van der Waals surface area contributed by atoms with E-state index in [-0.39, 0.29) is 23.4 Å². The van der Waals surface area contributed by atoms with Crippen molar-refractivity contribution < 1.29 is 19.4 Å². The van der Waals surface area contributed by atoms with Gasteiger partial charge < -0.3 is 9.84 Å². The highest BCUT2D eigenvalue weighted by molar-refractivity contribution is 5.83. The Bertz CT molecular complexity index is 549. The SMILES string of the molecule is CCCCC1([C@H](O)/C=C/C2CCC(=O)[C@@H]2CCCCCCCC(=O)OCC)CCC1. The third-order valence-corrected chi connectivity index (χ3v) is 7.40. The number of ether oxygens (including phenoxy) is 1. The Morgan fingerprint density at radius 1 is 1.17 bits per heavy atom. The molecule has 0 saturated heterocycles. The molecular weight excluding hydrogens is 376 g/mol. The van der Waals surface area contributed by atoms with Gasteiger partial charge in [-0.15, -0.1) is 0 Å². The second kappa shape index (κ2) is 13.3. The van der Waals surface area contributed by atoms with Crippen molar-refractivity contribution in [1.82, 2.24) is 0 Å². The molecule has 2 saturated carbocycles. The van der Waals surface area contributed by atoms with Crippen LogP contribution in [0.5, 0.6) is 0 Å². The first kappa shape index (κ1) is 25.1. The number of Topliss-reactive ketones (excluding diaryl/α,β-unsaturated/α-hetero) is 1. The number of esters is 1. The second-order valence-electron chi connectivity index (χ2n) is 9.54. The minimum atomic E-state index is -0.353. The predicted molar refractivity (Wildman–Crippen MR) is 121 cm³/mol. The first-order chi connectivity index (χ1) is 14.5. The summed E-state index contributed by atoms with van der Waals surface area (Å²) in [6.07, 6.45) is 19.2. The summed E-state index contributed by atoms with van der Waals surface area (Å²) < 4.78 is 4.95. The average molecular weight is 421 g/mol. The Morgan fingerprint density at radius 3 is 2.57 bits per heavy atom. The van der Waals surface area contributed by atoms with Crippen LogP contribution in [0.25, 0.3) is 0 Å². The van der Waals surface area contributed by atoms with E-state index in [2.05, 4.69) is 13.0 Å². The molecule has 172 valence electrons. The van der Waals surface area contributed by atoms with Crippen molar-refractivity contribution in [2.24, 2.45) is 17.3 Å². The molecular formula is C26H44O4. The highest BCUT2D eigenvalue weighted by atomic mass is 16.5. The Morgan fingerprint density at radius 2 is 1.90 bits per heavy atom. The zero-order valence-electron chi connectivity index (χ0n) is 19.4. The fraction of sp³-hybridized carbons (Fsp3) is 0.846. The van der Waals surface area contributed by atoms with E-state index in [1.165, 1.54) is 19.3 Å². The maximum atomic E-state index is 12.4. The summed E-state index contributed by atoms with van der Waals surface area (Å²) in [5.74, 6) is 0.760. The van der Waals surface area contributed by atoms with E-state index in [0.29, 0.717) is 31.1 Å². The third kappa shape index (κ3) is 7.51. The standard InChI is InChI=1S/C26H44O4/c1-3-5-18-26(19-11-20-26)24(28)17-15-21-14-16-23(27)22(21)12-9-7-6-8-10-13-25(29)30-4-2/h15,17,21-22,24,28H,3-14,16,18-20H2,1-2H3/b17-15+/t21?,22-,24-/m1/s1. The van der Waals surface area contributed by atoms with E-state index in [1.54, 1.807) is 0 Å². The molecule has 30 heavy (non-hydrogen) atoms. The number of allylic oxidation sites excluding steroid dienone is 1. The highest BCUT2D eigenvalue weighted by Crippen LogP contribution is 2.48. The van der Waals surface area contributed by atoms with E-state index < -0.39 is 0 Å². The summed E-state index contributed by atoms with van der Waals surface area (Å²) in [6.45, 7) is 4.51. The molecule has 0 aliphatic heterocycles. The Labute approximate surface area is 183 Å². The largest absolute Gasteiger partial charge is 0.466 e. The number of hydrogen-bond donors (Lipinski definition) is 1. The van der Waals surface area contributed by atoms with Crippen LogP contribution in [0.3, 0.4) is 0 Å². The summed E-state index contributed by atoms with van der Waals surface area (Å²) in [5.41, 5.74) is 0.105. The van der Waals surface area contributed by atoms with E-state index in [1.807, 2.05) is 13.0 Å². The van der Waals surface area contributed by atoms with Crippen molar-refractivity contribution in [3.05, 3.63) is 12.2 Å². The van der Waals surface area contributed by atoms with Crippen LogP contribution in [0.4, 0.5) is 0 Å². The van der Waals surface area contributed by atoms with Crippen LogP contribution in [0, 0.1) is 17.3 Å². The highest BCUT2D eigenvalue weighted by Gasteiger charge is 2.42. The number of unbranched alkanes of at least 4 members (excludes halogenated alkanes) is 5. The molecule has 1 unspecified atom stereocenters. The summed E-state index contributed by atoms with van der Waals surface area (Å²) in [5, 5.41) is 10.8. The minimum Gasteiger partial charge on any atom is -0.466 e. The maximum absolute atomic E-state index is 12.4. The Kier molecular flexibility index (Phi) is 11.1. The van der Waals surface area contributed by atoms with Gasteiger partial charge in [0.2, 0.25) is 0 Å². The summed E-state index contributed by atoms with van der Waals surface area (Å²) in [4.78, 5) is 23.7. The Balaban J connectivity index is 1.69. The molecule has 2 fully saturated rings. The fourth-order valence-corrected chi connectivity index (χ4v) is 5.24. The van der Waals surface area contributed by atoms with Crippen molar-refractivity contribution in [3.8, 4) is 0 Å². The van der Waals surface area contributed by atoms with Crippen molar-refractivity contribution in [2.75, 3.05) is 6.61 Å². The van der Waals surface area contributed by atoms with Crippen molar-refractivity contribution >= 4 is 11.8 Å².